The molecule has 0 unspecified atom stereocenters. The average Bonchev–Trinajstić information content (AvgIpc) is 4.22. The summed E-state index contributed by atoms with van der Waals surface area (Å²) in [6.07, 6.45) is 13.6. The highest BCUT2D eigenvalue weighted by atomic mass is 16.7. The number of carbonyl (C=O) groups is 1. The summed E-state index contributed by atoms with van der Waals surface area (Å²) in [7, 11) is 1.57. The van der Waals surface area contributed by atoms with Gasteiger partial charge in [0, 0.05) is 57.5 Å². The van der Waals surface area contributed by atoms with E-state index in [1.54, 1.807) is 19.2 Å². The second kappa shape index (κ2) is 21.1. The van der Waals surface area contributed by atoms with Crippen LogP contribution in [0.2, 0.25) is 0 Å². The van der Waals surface area contributed by atoms with Crippen molar-refractivity contribution in [3.63, 3.8) is 0 Å². The maximum absolute atomic E-state index is 13.6. The number of benzene rings is 4. The van der Waals surface area contributed by atoms with Crippen molar-refractivity contribution in [1.82, 2.24) is 19.9 Å². The molecule has 342 valence electrons. The molecule has 12 heteroatoms. The number of hydrogen-bond acceptors (Lipinski definition) is 9. The van der Waals surface area contributed by atoms with Crippen LogP contribution < -0.4 is 4.74 Å². The smallest absolute Gasteiger partial charge is 0.338 e. The van der Waals surface area contributed by atoms with Crippen molar-refractivity contribution in [2.24, 2.45) is 0 Å². The Hall–Kier alpha value is -7.93. The molecule has 0 aliphatic carbocycles. The van der Waals surface area contributed by atoms with Gasteiger partial charge in [0.25, 0.3) is 5.69 Å². The minimum atomic E-state index is -0.636. The zero-order valence-electron chi connectivity index (χ0n) is 38.0. The molecule has 0 spiro atoms. The summed E-state index contributed by atoms with van der Waals surface area (Å²) in [6.45, 7) is 2.53. The van der Waals surface area contributed by atoms with Crippen molar-refractivity contribution < 1.29 is 28.7 Å². The Morgan fingerprint density at radius 3 is 1.78 bits per heavy atom. The number of H-pyrrole nitrogens is 2. The van der Waals surface area contributed by atoms with Crippen molar-refractivity contribution in [3.05, 3.63) is 177 Å². The summed E-state index contributed by atoms with van der Waals surface area (Å²) in [5.41, 5.74) is 14.1. The molecular weight excluding hydrogens is 855 g/mol. The van der Waals surface area contributed by atoms with Crippen LogP contribution in [0.5, 0.6) is 5.75 Å². The highest BCUT2D eigenvalue weighted by Crippen LogP contribution is 2.37. The average molecular weight is 906 g/mol. The van der Waals surface area contributed by atoms with Gasteiger partial charge in [-0.15, -0.1) is 0 Å². The molecule has 2 aliphatic rings. The summed E-state index contributed by atoms with van der Waals surface area (Å²) < 4.78 is 21.6. The lowest BCUT2D eigenvalue weighted by Crippen LogP contribution is -2.09. The van der Waals surface area contributed by atoms with Crippen LogP contribution in [0.3, 0.4) is 0 Å². The number of nitrogens with one attached hydrogen (secondary N) is 2. The van der Waals surface area contributed by atoms with Crippen LogP contribution in [-0.4, -0.2) is 57.9 Å². The van der Waals surface area contributed by atoms with Gasteiger partial charge in [-0.3, -0.25) is 10.1 Å². The number of unbranched alkanes of at least 4 members (excludes halogenated alkanes) is 3. The zero-order valence-corrected chi connectivity index (χ0v) is 38.0. The number of nitro groups is 1. The van der Waals surface area contributed by atoms with Gasteiger partial charge < -0.3 is 28.9 Å². The van der Waals surface area contributed by atoms with Crippen LogP contribution in [0.15, 0.2) is 127 Å². The fraction of sp³-hybridized carbons (Fsp3) is 0.196. The molecule has 68 heavy (non-hydrogen) atoms. The Morgan fingerprint density at radius 1 is 0.632 bits per heavy atom. The van der Waals surface area contributed by atoms with Gasteiger partial charge >= 0.3 is 5.97 Å². The zero-order chi connectivity index (χ0) is 46.8. The van der Waals surface area contributed by atoms with Crippen molar-refractivity contribution in [3.8, 4) is 39.1 Å². The van der Waals surface area contributed by atoms with Crippen LogP contribution in [0.1, 0.15) is 76.9 Å². The molecule has 8 bridgehead atoms. The number of methoxy groups -OCH3 is 1. The molecule has 0 amide bonds. The van der Waals surface area contributed by atoms with Gasteiger partial charge in [-0.1, -0.05) is 99.0 Å². The van der Waals surface area contributed by atoms with Crippen molar-refractivity contribution in [2.75, 3.05) is 27.1 Å². The number of aromatic amines is 2. The summed E-state index contributed by atoms with van der Waals surface area (Å²) in [6, 6.07) is 40.5. The van der Waals surface area contributed by atoms with Crippen LogP contribution in [0, 0.1) is 10.1 Å². The third kappa shape index (κ3) is 10.1. The lowest BCUT2D eigenvalue weighted by molar-refractivity contribution is -0.385. The fourth-order valence-electron chi connectivity index (χ4n) is 8.63. The monoisotopic (exact) mass is 905 g/mol. The van der Waals surface area contributed by atoms with Gasteiger partial charge in [0.05, 0.1) is 52.0 Å². The Balaban J connectivity index is 1.15. The van der Waals surface area contributed by atoms with Gasteiger partial charge in [0.15, 0.2) is 6.79 Å². The number of esters is 1. The SMILES string of the molecule is CCCCCCc1c2nc(c(-c3ccccc3)c3ccc([nH]3)c(-c3ccccc3)c3nc(c(-c4ccc(C(=O)OCc5cc(OCOCCOC)ccc5[N+](=O)[O-])cc4)c4ccc1[nH]4)C=C3)C=C2. The number of fused-ring (bicyclic) bond motifs is 8. The van der Waals surface area contributed by atoms with E-state index in [-0.39, 0.29) is 30.2 Å². The number of hydrogen-bond donors (Lipinski definition) is 2. The van der Waals surface area contributed by atoms with E-state index in [2.05, 4.69) is 95.8 Å². The van der Waals surface area contributed by atoms with E-state index in [1.165, 1.54) is 18.2 Å². The van der Waals surface area contributed by atoms with Gasteiger partial charge in [0.1, 0.15) is 12.4 Å². The van der Waals surface area contributed by atoms with E-state index in [9.17, 15) is 14.9 Å². The summed E-state index contributed by atoms with van der Waals surface area (Å²) in [4.78, 5) is 43.3. The van der Waals surface area contributed by atoms with Gasteiger partial charge in [-0.05, 0) is 102 Å². The van der Waals surface area contributed by atoms with E-state index in [0.717, 1.165) is 116 Å². The Kier molecular flexibility index (Phi) is 14.1. The van der Waals surface area contributed by atoms with Crippen molar-refractivity contribution in [2.45, 2.75) is 45.6 Å². The highest BCUT2D eigenvalue weighted by Gasteiger charge is 2.21. The van der Waals surface area contributed by atoms with E-state index in [0.29, 0.717) is 19.0 Å². The Labute approximate surface area is 394 Å². The largest absolute Gasteiger partial charge is 0.468 e. The van der Waals surface area contributed by atoms with Crippen LogP contribution in [-0.2, 0) is 27.2 Å². The first kappa shape index (κ1) is 45.2. The number of nitrogens with zero attached hydrogens (tertiary/aromatic N) is 3. The van der Waals surface area contributed by atoms with Crippen molar-refractivity contribution >= 4 is 58.0 Å². The van der Waals surface area contributed by atoms with E-state index in [4.69, 9.17) is 28.9 Å². The Bertz CT molecular complexity index is 3170. The number of nitro benzene ring substituents is 1. The third-order valence-corrected chi connectivity index (χ3v) is 12.0. The molecule has 0 fully saturated rings. The quantitative estimate of drug-likeness (QED) is 0.0281. The normalized spacial score (nSPS) is 11.8. The second-order valence-electron chi connectivity index (χ2n) is 16.5. The summed E-state index contributed by atoms with van der Waals surface area (Å²) >= 11 is 0. The second-order valence-corrected chi connectivity index (χ2v) is 16.5. The van der Waals surface area contributed by atoms with E-state index < -0.39 is 10.9 Å². The number of rotatable bonds is 18. The number of carbonyl (C=O) groups excluding carboxylic acids is 1. The molecule has 0 saturated carbocycles. The molecule has 0 saturated heterocycles. The predicted molar refractivity (Wildman–Crippen MR) is 269 cm³/mol. The van der Waals surface area contributed by atoms with Crippen LogP contribution in [0.4, 0.5) is 5.69 Å². The summed E-state index contributed by atoms with van der Waals surface area (Å²) in [5.74, 6) is -0.298. The van der Waals surface area contributed by atoms with Crippen LogP contribution >= 0.6 is 0 Å². The predicted octanol–water partition coefficient (Wildman–Crippen LogP) is 13.0. The van der Waals surface area contributed by atoms with Crippen LogP contribution in [0.25, 0.3) is 79.8 Å². The molecule has 2 aliphatic heterocycles. The first-order valence-electron chi connectivity index (χ1n) is 22.9. The first-order chi connectivity index (χ1) is 33.4. The first-order valence-corrected chi connectivity index (χ1v) is 22.9. The minimum absolute atomic E-state index is 0.0728. The molecule has 3 aromatic heterocycles. The molecule has 0 radical (unpaired) electrons. The molecule has 12 nitrogen and oxygen atoms in total. The van der Waals surface area contributed by atoms with E-state index >= 15 is 0 Å². The standard InChI is InChI=1S/C56H51N5O7/c1-3-4-5-12-17-43-44-23-25-46(57-44)53(37-13-8-6-9-14-37)48-27-28-49(59-48)54(38-15-10-7-11-16-38)50-29-30-51(60-50)55(47-26-24-45(43)58-47)39-18-20-40(21-19-39)56(62)67-35-41-34-42(22-31-52(41)61(63)64)68-36-66-33-32-65-2/h6-11,13-16,18-31,34,58-59H,3-5,12,17,32-33,35-36H2,1-2H3. The molecule has 9 rings (SSSR count). The molecule has 4 aromatic carbocycles. The van der Waals surface area contributed by atoms with Gasteiger partial charge in [-0.25, -0.2) is 14.8 Å². The molecule has 5 heterocycles. The van der Waals surface area contributed by atoms with Gasteiger partial charge in [0.2, 0.25) is 0 Å². The number of aryl methyl sites for hydroxylation is 1. The number of ether oxygens (including phenoxy) is 4. The maximum atomic E-state index is 13.6. The van der Waals surface area contributed by atoms with E-state index in [1.807, 2.05) is 42.5 Å². The fourth-order valence-corrected chi connectivity index (χ4v) is 8.63. The van der Waals surface area contributed by atoms with Gasteiger partial charge in [-0.2, -0.15) is 0 Å². The Morgan fingerprint density at radius 2 is 1.19 bits per heavy atom. The minimum Gasteiger partial charge on any atom is -0.468 e. The lowest BCUT2D eigenvalue weighted by atomic mass is 10.0. The molecule has 7 aromatic rings. The highest BCUT2D eigenvalue weighted by molar-refractivity contribution is 5.98. The third-order valence-electron chi connectivity index (χ3n) is 12.0. The molecule has 2 N–H and O–H groups in total. The maximum Gasteiger partial charge on any atom is 0.338 e. The topological polar surface area (TPSA) is 154 Å². The van der Waals surface area contributed by atoms with Crippen molar-refractivity contribution in [1.29, 1.82) is 0 Å². The lowest BCUT2D eigenvalue weighted by Gasteiger charge is -2.10. The summed E-state index contributed by atoms with van der Waals surface area (Å²) in [5, 5.41) is 11.9. The number of aromatic nitrogens is 4. The molecular formula is C56H51N5O7. The molecule has 0 atom stereocenters.